The Kier molecular flexibility index (Phi) is 5.78. The van der Waals surface area contributed by atoms with E-state index in [1.54, 1.807) is 12.1 Å². The van der Waals surface area contributed by atoms with Gasteiger partial charge < -0.3 is 19.3 Å². The number of anilines is 1. The number of carboxylic acid groups (broad SMARTS) is 1. The van der Waals surface area contributed by atoms with E-state index in [9.17, 15) is 4.79 Å². The number of rotatable bonds is 7. The standard InChI is InChI=1S/C13H19NO5/c1-4-17-10-7-9(14-13(15)16)8-11(18-5-2)12(10)19-6-3/h7-8,14H,4-6H2,1-3H3,(H,15,16). The highest BCUT2D eigenvalue weighted by molar-refractivity contribution is 5.84. The molecular weight excluding hydrogens is 250 g/mol. The van der Waals surface area contributed by atoms with Crippen molar-refractivity contribution >= 4 is 11.8 Å². The normalized spacial score (nSPS) is 9.84. The molecule has 0 fully saturated rings. The number of carbonyl (C=O) groups is 1. The van der Waals surface area contributed by atoms with E-state index < -0.39 is 6.09 Å². The van der Waals surface area contributed by atoms with E-state index in [-0.39, 0.29) is 0 Å². The molecule has 0 unspecified atom stereocenters. The molecule has 0 bridgehead atoms. The van der Waals surface area contributed by atoms with Gasteiger partial charge in [0, 0.05) is 12.1 Å². The Balaban J connectivity index is 3.20. The van der Waals surface area contributed by atoms with E-state index >= 15 is 0 Å². The fourth-order valence-corrected chi connectivity index (χ4v) is 1.58. The first-order chi connectivity index (χ1) is 9.12. The highest BCUT2D eigenvalue weighted by atomic mass is 16.5. The van der Waals surface area contributed by atoms with Crippen molar-refractivity contribution in [2.24, 2.45) is 0 Å². The molecule has 0 atom stereocenters. The summed E-state index contributed by atoms with van der Waals surface area (Å²) in [7, 11) is 0. The highest BCUT2D eigenvalue weighted by Gasteiger charge is 2.15. The first-order valence-electron chi connectivity index (χ1n) is 6.18. The molecule has 0 aliphatic rings. The Bertz CT molecular complexity index is 406. The van der Waals surface area contributed by atoms with E-state index in [1.807, 2.05) is 20.8 Å². The number of ether oxygens (including phenoxy) is 3. The fraction of sp³-hybridized carbons (Fsp3) is 0.462. The van der Waals surface area contributed by atoms with Crippen molar-refractivity contribution in [3.8, 4) is 17.2 Å². The first kappa shape index (κ1) is 14.9. The van der Waals surface area contributed by atoms with Crippen LogP contribution in [0.4, 0.5) is 10.5 Å². The quantitative estimate of drug-likeness (QED) is 0.795. The van der Waals surface area contributed by atoms with Gasteiger partial charge in [-0.15, -0.1) is 0 Å². The van der Waals surface area contributed by atoms with Crippen LogP contribution in [0.2, 0.25) is 0 Å². The maximum atomic E-state index is 10.7. The lowest BCUT2D eigenvalue weighted by Gasteiger charge is -2.16. The van der Waals surface area contributed by atoms with E-state index in [2.05, 4.69) is 5.32 Å². The fourth-order valence-electron chi connectivity index (χ4n) is 1.58. The van der Waals surface area contributed by atoms with Crippen molar-refractivity contribution in [1.82, 2.24) is 0 Å². The Morgan fingerprint density at radius 2 is 1.53 bits per heavy atom. The van der Waals surface area contributed by atoms with Crippen LogP contribution in [0, 0.1) is 0 Å². The summed E-state index contributed by atoms with van der Waals surface area (Å²) in [4.78, 5) is 10.7. The lowest BCUT2D eigenvalue weighted by Crippen LogP contribution is -2.09. The van der Waals surface area contributed by atoms with Gasteiger partial charge >= 0.3 is 6.09 Å². The smallest absolute Gasteiger partial charge is 0.409 e. The molecule has 1 amide bonds. The molecule has 19 heavy (non-hydrogen) atoms. The van der Waals surface area contributed by atoms with Crippen molar-refractivity contribution in [2.75, 3.05) is 25.1 Å². The third kappa shape index (κ3) is 4.24. The molecule has 0 aromatic heterocycles. The number of benzene rings is 1. The van der Waals surface area contributed by atoms with Gasteiger partial charge in [0.1, 0.15) is 0 Å². The lowest BCUT2D eigenvalue weighted by atomic mass is 10.2. The Morgan fingerprint density at radius 3 is 1.89 bits per heavy atom. The van der Waals surface area contributed by atoms with Gasteiger partial charge in [0.25, 0.3) is 0 Å². The molecule has 2 N–H and O–H groups in total. The van der Waals surface area contributed by atoms with Crippen LogP contribution in [-0.4, -0.2) is 31.0 Å². The van der Waals surface area contributed by atoms with E-state index in [1.165, 1.54) is 0 Å². The van der Waals surface area contributed by atoms with Gasteiger partial charge in [-0.25, -0.2) is 4.79 Å². The lowest BCUT2D eigenvalue weighted by molar-refractivity contribution is 0.209. The topological polar surface area (TPSA) is 77.0 Å². The predicted octanol–water partition coefficient (Wildman–Crippen LogP) is 2.97. The molecule has 0 saturated heterocycles. The van der Waals surface area contributed by atoms with Gasteiger partial charge in [-0.2, -0.15) is 0 Å². The molecule has 6 heteroatoms. The SMILES string of the molecule is CCOc1cc(NC(=O)O)cc(OCC)c1OCC. The third-order valence-corrected chi connectivity index (χ3v) is 2.16. The molecule has 0 saturated carbocycles. The van der Waals surface area contributed by atoms with Crippen LogP contribution in [0.1, 0.15) is 20.8 Å². The molecule has 1 rings (SSSR count). The molecule has 0 spiro atoms. The number of hydrogen-bond donors (Lipinski definition) is 2. The zero-order valence-corrected chi connectivity index (χ0v) is 11.4. The minimum Gasteiger partial charge on any atom is -0.490 e. The Hall–Kier alpha value is -2.11. The maximum Gasteiger partial charge on any atom is 0.409 e. The van der Waals surface area contributed by atoms with E-state index in [4.69, 9.17) is 19.3 Å². The van der Waals surface area contributed by atoms with Crippen molar-refractivity contribution in [1.29, 1.82) is 0 Å². The van der Waals surface area contributed by atoms with Crippen LogP contribution in [0.25, 0.3) is 0 Å². The minimum atomic E-state index is -1.14. The van der Waals surface area contributed by atoms with Gasteiger partial charge in [0.15, 0.2) is 11.5 Å². The first-order valence-corrected chi connectivity index (χ1v) is 6.18. The summed E-state index contributed by atoms with van der Waals surface area (Å²) in [6, 6.07) is 3.15. The molecular formula is C13H19NO5. The number of nitrogens with one attached hydrogen (secondary N) is 1. The number of amides is 1. The van der Waals surface area contributed by atoms with Crippen LogP contribution >= 0.6 is 0 Å². The van der Waals surface area contributed by atoms with Crippen molar-refractivity contribution in [3.05, 3.63) is 12.1 Å². The zero-order valence-electron chi connectivity index (χ0n) is 11.4. The summed E-state index contributed by atoms with van der Waals surface area (Å²) >= 11 is 0. The summed E-state index contributed by atoms with van der Waals surface area (Å²) < 4.78 is 16.4. The van der Waals surface area contributed by atoms with Gasteiger partial charge in [-0.3, -0.25) is 5.32 Å². The van der Waals surface area contributed by atoms with Crippen molar-refractivity contribution in [3.63, 3.8) is 0 Å². The molecule has 1 aromatic rings. The molecule has 0 aliphatic heterocycles. The second-order valence-corrected chi connectivity index (χ2v) is 3.53. The second-order valence-electron chi connectivity index (χ2n) is 3.53. The summed E-state index contributed by atoms with van der Waals surface area (Å²) in [5.41, 5.74) is 0.378. The molecule has 6 nitrogen and oxygen atoms in total. The summed E-state index contributed by atoms with van der Waals surface area (Å²) in [5, 5.41) is 11.0. The van der Waals surface area contributed by atoms with Crippen molar-refractivity contribution in [2.45, 2.75) is 20.8 Å². The van der Waals surface area contributed by atoms with Gasteiger partial charge in [0.2, 0.25) is 5.75 Å². The molecule has 106 valence electrons. The summed E-state index contributed by atoms with van der Waals surface area (Å²) in [6.45, 7) is 6.89. The van der Waals surface area contributed by atoms with Crippen LogP contribution in [0.15, 0.2) is 12.1 Å². The monoisotopic (exact) mass is 269 g/mol. The maximum absolute atomic E-state index is 10.7. The van der Waals surface area contributed by atoms with Crippen LogP contribution < -0.4 is 19.5 Å². The van der Waals surface area contributed by atoms with Gasteiger partial charge in [-0.05, 0) is 20.8 Å². The van der Waals surface area contributed by atoms with Crippen LogP contribution in [-0.2, 0) is 0 Å². The predicted molar refractivity (Wildman–Crippen MR) is 71.6 cm³/mol. The summed E-state index contributed by atoms with van der Waals surface area (Å²) in [5.74, 6) is 1.40. The zero-order chi connectivity index (χ0) is 14.3. The Labute approximate surface area is 112 Å². The van der Waals surface area contributed by atoms with E-state index in [0.29, 0.717) is 42.8 Å². The van der Waals surface area contributed by atoms with Gasteiger partial charge in [-0.1, -0.05) is 0 Å². The second kappa shape index (κ2) is 7.35. The highest BCUT2D eigenvalue weighted by Crippen LogP contribution is 2.40. The summed E-state index contributed by atoms with van der Waals surface area (Å²) in [6.07, 6.45) is -1.14. The van der Waals surface area contributed by atoms with Crippen LogP contribution in [0.5, 0.6) is 17.2 Å². The average Bonchev–Trinajstić information content (AvgIpc) is 2.33. The minimum absolute atomic E-state index is 0.378. The molecule has 0 aliphatic carbocycles. The van der Waals surface area contributed by atoms with Gasteiger partial charge in [0.05, 0.1) is 25.5 Å². The number of hydrogen-bond acceptors (Lipinski definition) is 4. The largest absolute Gasteiger partial charge is 0.490 e. The molecule has 0 heterocycles. The Morgan fingerprint density at radius 1 is 1.05 bits per heavy atom. The van der Waals surface area contributed by atoms with Crippen molar-refractivity contribution < 1.29 is 24.1 Å². The third-order valence-electron chi connectivity index (χ3n) is 2.16. The molecule has 1 aromatic carbocycles. The van der Waals surface area contributed by atoms with E-state index in [0.717, 1.165) is 0 Å². The average molecular weight is 269 g/mol. The van der Waals surface area contributed by atoms with Crippen LogP contribution in [0.3, 0.4) is 0 Å². The molecule has 0 radical (unpaired) electrons.